The lowest BCUT2D eigenvalue weighted by Crippen LogP contribution is -2.49. The van der Waals surface area contributed by atoms with Gasteiger partial charge in [-0.1, -0.05) is 24.3 Å². The van der Waals surface area contributed by atoms with Crippen molar-refractivity contribution in [2.75, 3.05) is 12.3 Å². The zero-order valence-electron chi connectivity index (χ0n) is 14.5. The summed E-state index contributed by atoms with van der Waals surface area (Å²) in [5, 5.41) is 9.64. The molecule has 0 saturated heterocycles. The number of rotatable bonds is 5. The lowest BCUT2D eigenvalue weighted by molar-refractivity contribution is -0.133. The van der Waals surface area contributed by atoms with Gasteiger partial charge in [-0.2, -0.15) is 0 Å². The molecule has 2 aromatic carbocycles. The maximum atomic E-state index is 13.9. The lowest BCUT2D eigenvalue weighted by Gasteiger charge is -2.39. The molecule has 0 radical (unpaired) electrons. The Kier molecular flexibility index (Phi) is 5.44. The number of nitrogen functional groups attached to an aromatic ring is 1. The van der Waals surface area contributed by atoms with E-state index in [0.717, 1.165) is 11.1 Å². The van der Waals surface area contributed by atoms with Crippen LogP contribution in [0, 0.1) is 0 Å². The van der Waals surface area contributed by atoms with Gasteiger partial charge in [-0.05, 0) is 48.7 Å². The summed E-state index contributed by atoms with van der Waals surface area (Å²) in [6, 6.07) is 13.5. The molecular formula is C18H22N3O4P. The van der Waals surface area contributed by atoms with E-state index in [4.69, 9.17) is 10.3 Å². The van der Waals surface area contributed by atoms with Crippen LogP contribution in [0.2, 0.25) is 0 Å². The zero-order chi connectivity index (χ0) is 18.7. The third-order valence-corrected chi connectivity index (χ3v) is 7.15. The molecule has 1 heterocycles. The molecule has 26 heavy (non-hydrogen) atoms. The molecular weight excluding hydrogens is 353 g/mol. The van der Waals surface area contributed by atoms with Crippen molar-refractivity contribution in [3.8, 4) is 0 Å². The van der Waals surface area contributed by atoms with E-state index < -0.39 is 19.5 Å². The molecule has 1 aliphatic heterocycles. The lowest BCUT2D eigenvalue weighted by atomic mass is 9.95. The molecule has 8 heteroatoms. The van der Waals surface area contributed by atoms with Crippen molar-refractivity contribution < 1.29 is 19.1 Å². The van der Waals surface area contributed by atoms with Crippen LogP contribution in [0.4, 0.5) is 5.69 Å². The van der Waals surface area contributed by atoms with Crippen LogP contribution in [0.1, 0.15) is 18.1 Å². The summed E-state index contributed by atoms with van der Waals surface area (Å²) >= 11 is 0. The van der Waals surface area contributed by atoms with E-state index in [1.54, 1.807) is 41.3 Å². The first-order valence-corrected chi connectivity index (χ1v) is 9.96. The number of anilines is 1. The maximum Gasteiger partial charge on any atom is 0.303 e. The summed E-state index contributed by atoms with van der Waals surface area (Å²) < 4.78 is 21.2. The molecule has 3 rings (SSSR count). The minimum absolute atomic E-state index is 0.216. The predicted octanol–water partition coefficient (Wildman–Crippen LogP) is 2.06. The topological polar surface area (TPSA) is 105 Å². The second kappa shape index (κ2) is 7.60. The van der Waals surface area contributed by atoms with Crippen LogP contribution in [0.15, 0.2) is 48.5 Å². The Hall–Kier alpha value is -2.18. The van der Waals surface area contributed by atoms with Gasteiger partial charge >= 0.3 is 7.52 Å². The predicted molar refractivity (Wildman–Crippen MR) is 99.1 cm³/mol. The molecule has 0 aliphatic carbocycles. The van der Waals surface area contributed by atoms with Crippen LogP contribution in [0.3, 0.4) is 0 Å². The molecule has 138 valence electrons. The number of amides is 1. The number of carbonyl (C=O) groups excluding carboxylic acids is 1. The van der Waals surface area contributed by atoms with Crippen molar-refractivity contribution in [2.45, 2.75) is 25.9 Å². The first-order valence-electron chi connectivity index (χ1n) is 8.38. The third kappa shape index (κ3) is 3.39. The van der Waals surface area contributed by atoms with Crippen LogP contribution in [0.25, 0.3) is 0 Å². The Balaban J connectivity index is 2.09. The van der Waals surface area contributed by atoms with E-state index in [2.05, 4.69) is 0 Å². The Bertz CT molecular complexity index is 841. The number of nitrogens with one attached hydrogen (secondary N) is 1. The van der Waals surface area contributed by atoms with E-state index in [1.165, 1.54) is 0 Å². The Labute approximate surface area is 152 Å². The monoisotopic (exact) mass is 375 g/mol. The summed E-state index contributed by atoms with van der Waals surface area (Å²) in [5.74, 6) is -0.616. The fourth-order valence-electron chi connectivity index (χ4n) is 3.22. The van der Waals surface area contributed by atoms with Crippen molar-refractivity contribution in [1.82, 2.24) is 10.2 Å². The Morgan fingerprint density at radius 3 is 2.54 bits per heavy atom. The molecule has 0 spiro atoms. The van der Waals surface area contributed by atoms with Crippen molar-refractivity contribution in [3.05, 3.63) is 59.7 Å². The van der Waals surface area contributed by atoms with Crippen LogP contribution in [-0.2, 0) is 26.8 Å². The third-order valence-electron chi connectivity index (χ3n) is 4.50. The number of hydrogen-bond acceptors (Lipinski definition) is 5. The van der Waals surface area contributed by atoms with Gasteiger partial charge < -0.3 is 10.3 Å². The molecule has 0 saturated carbocycles. The molecule has 1 unspecified atom stereocenters. The number of nitrogens with two attached hydrogens (primary N) is 1. The molecule has 0 bridgehead atoms. The highest BCUT2D eigenvalue weighted by Crippen LogP contribution is 2.53. The van der Waals surface area contributed by atoms with Gasteiger partial charge in [0.05, 0.1) is 11.9 Å². The highest BCUT2D eigenvalue weighted by Gasteiger charge is 2.44. The van der Waals surface area contributed by atoms with Crippen molar-refractivity contribution in [2.24, 2.45) is 0 Å². The van der Waals surface area contributed by atoms with Gasteiger partial charge in [0, 0.05) is 12.2 Å². The van der Waals surface area contributed by atoms with E-state index in [0.29, 0.717) is 17.4 Å². The normalized spacial score (nSPS) is 19.4. The second-order valence-corrected chi connectivity index (χ2v) is 8.42. The number of hydrogen-bond donors (Lipinski definition) is 3. The maximum absolute atomic E-state index is 13.9. The number of carbonyl (C=O) groups is 1. The first kappa shape index (κ1) is 18.6. The summed E-state index contributed by atoms with van der Waals surface area (Å²) in [5.41, 5.74) is 9.94. The molecule has 0 fully saturated rings. The smallest absolute Gasteiger partial charge is 0.303 e. The van der Waals surface area contributed by atoms with Gasteiger partial charge in [0.25, 0.3) is 5.91 Å². The molecule has 0 aromatic heterocycles. The van der Waals surface area contributed by atoms with E-state index >= 15 is 0 Å². The van der Waals surface area contributed by atoms with Gasteiger partial charge in [-0.25, -0.2) is 10.2 Å². The van der Waals surface area contributed by atoms with E-state index in [-0.39, 0.29) is 13.2 Å². The molecule has 2 atom stereocenters. The number of benzene rings is 2. The number of hydroxylamine groups is 1. The molecule has 1 amide bonds. The SMILES string of the molecule is CCOP(=O)(c1ccc(N)cc1)N1Cc2ccccc2C[C@@H]1C(=O)NO. The summed E-state index contributed by atoms with van der Waals surface area (Å²) in [4.78, 5) is 12.3. The van der Waals surface area contributed by atoms with Crippen molar-refractivity contribution >= 4 is 24.4 Å². The van der Waals surface area contributed by atoms with Crippen LogP contribution in [0.5, 0.6) is 0 Å². The largest absolute Gasteiger partial charge is 0.399 e. The minimum Gasteiger partial charge on any atom is -0.399 e. The van der Waals surface area contributed by atoms with Crippen molar-refractivity contribution in [1.29, 1.82) is 0 Å². The Morgan fingerprint density at radius 2 is 1.92 bits per heavy atom. The fraction of sp³-hybridized carbons (Fsp3) is 0.278. The fourth-order valence-corrected chi connectivity index (χ4v) is 5.59. The first-order chi connectivity index (χ1) is 12.5. The summed E-state index contributed by atoms with van der Waals surface area (Å²) in [6.07, 6.45) is 0.328. The summed E-state index contributed by atoms with van der Waals surface area (Å²) in [6.45, 7) is 2.24. The average molecular weight is 375 g/mol. The molecule has 4 N–H and O–H groups in total. The van der Waals surface area contributed by atoms with Crippen LogP contribution < -0.4 is 16.5 Å². The van der Waals surface area contributed by atoms with Gasteiger partial charge in [0.15, 0.2) is 0 Å². The summed E-state index contributed by atoms with van der Waals surface area (Å²) in [7, 11) is -3.54. The van der Waals surface area contributed by atoms with Gasteiger partial charge in [0.1, 0.15) is 6.04 Å². The second-order valence-electron chi connectivity index (χ2n) is 6.09. The highest BCUT2D eigenvalue weighted by atomic mass is 31.2. The molecule has 2 aromatic rings. The van der Waals surface area contributed by atoms with Gasteiger partial charge in [-0.15, -0.1) is 0 Å². The molecule has 7 nitrogen and oxygen atoms in total. The molecule has 1 aliphatic rings. The van der Waals surface area contributed by atoms with E-state index in [9.17, 15) is 14.6 Å². The quantitative estimate of drug-likeness (QED) is 0.320. The highest BCUT2D eigenvalue weighted by molar-refractivity contribution is 7.64. The minimum atomic E-state index is -3.54. The number of fused-ring (bicyclic) bond motifs is 1. The van der Waals surface area contributed by atoms with Crippen molar-refractivity contribution in [3.63, 3.8) is 0 Å². The van der Waals surface area contributed by atoms with Crippen LogP contribution >= 0.6 is 7.52 Å². The van der Waals surface area contributed by atoms with Gasteiger partial charge in [0.2, 0.25) is 0 Å². The van der Waals surface area contributed by atoms with Gasteiger partial charge in [-0.3, -0.25) is 14.6 Å². The van der Waals surface area contributed by atoms with Crippen LogP contribution in [-0.4, -0.2) is 28.4 Å². The zero-order valence-corrected chi connectivity index (χ0v) is 15.4. The van der Waals surface area contributed by atoms with E-state index in [1.807, 2.05) is 24.3 Å². The number of nitrogens with zero attached hydrogens (tertiary/aromatic N) is 1. The Morgan fingerprint density at radius 1 is 1.27 bits per heavy atom. The average Bonchev–Trinajstić information content (AvgIpc) is 2.67. The standard InChI is InChI=1S/C18H22N3O4P/c1-2-25-26(24,16-9-7-15(19)8-10-16)21-12-14-6-4-3-5-13(14)11-17(21)18(22)20-23/h3-10,17,23H,2,11-12,19H2,1H3,(H,20,22)/t17-,26?/m1/s1.